The molecule has 130 valence electrons. The van der Waals surface area contributed by atoms with Crippen LogP contribution in [0.4, 0.5) is 11.4 Å². The van der Waals surface area contributed by atoms with Crippen molar-refractivity contribution in [2.24, 2.45) is 0 Å². The highest BCUT2D eigenvalue weighted by atomic mass is 35.5. The Morgan fingerprint density at radius 2 is 1.80 bits per heavy atom. The number of amides is 1. The van der Waals surface area contributed by atoms with E-state index in [4.69, 9.17) is 23.2 Å². The molecule has 0 bridgehead atoms. The van der Waals surface area contributed by atoms with Crippen LogP contribution >= 0.6 is 34.5 Å². The number of benzene rings is 2. The average Bonchev–Trinajstić information content (AvgIpc) is 2.90. The zero-order valence-electron chi connectivity index (χ0n) is 12.8. The minimum absolute atomic E-state index is 0.268. The van der Waals surface area contributed by atoms with E-state index >= 15 is 0 Å². The van der Waals surface area contributed by atoms with Crippen LogP contribution in [0.15, 0.2) is 42.5 Å². The maximum absolute atomic E-state index is 12.5. The third-order valence-corrected chi connectivity index (χ3v) is 5.44. The summed E-state index contributed by atoms with van der Waals surface area (Å²) in [7, 11) is -3.45. The van der Waals surface area contributed by atoms with Gasteiger partial charge in [0.15, 0.2) is 0 Å². The molecule has 0 aliphatic heterocycles. The molecule has 25 heavy (non-hydrogen) atoms. The number of carbonyl (C=O) groups is 1. The lowest BCUT2D eigenvalue weighted by atomic mass is 10.2. The van der Waals surface area contributed by atoms with Crippen molar-refractivity contribution in [2.45, 2.75) is 0 Å². The fraction of sp³-hybridized carbons (Fsp3) is 0.0625. The summed E-state index contributed by atoms with van der Waals surface area (Å²) < 4.78 is 25.9. The number of sulfonamides is 1. The van der Waals surface area contributed by atoms with Crippen LogP contribution in [0.5, 0.6) is 0 Å². The molecule has 1 aromatic heterocycles. The molecule has 0 unspecified atom stereocenters. The standard InChI is InChI=1S/C16H12Cl2N2O3S2/c1-25(22,23)20-11-6-9(17)5-10(7-11)19-16(21)15-8-12-13(18)3-2-4-14(12)24-15/h2-8,20H,1H3,(H,19,21). The van der Waals surface area contributed by atoms with Crippen LogP contribution in [0.2, 0.25) is 10.0 Å². The van der Waals surface area contributed by atoms with Gasteiger partial charge in [-0.25, -0.2) is 8.42 Å². The number of hydrogen-bond donors (Lipinski definition) is 2. The summed E-state index contributed by atoms with van der Waals surface area (Å²) in [6.45, 7) is 0. The molecule has 1 amide bonds. The predicted molar refractivity (Wildman–Crippen MR) is 105 cm³/mol. The molecule has 0 fully saturated rings. The van der Waals surface area contributed by atoms with Crippen molar-refractivity contribution in [3.05, 3.63) is 57.4 Å². The Kier molecular flexibility index (Phi) is 4.92. The Labute approximate surface area is 158 Å². The molecule has 3 aromatic rings. The van der Waals surface area contributed by atoms with Crippen molar-refractivity contribution in [3.8, 4) is 0 Å². The number of rotatable bonds is 4. The molecule has 0 spiro atoms. The van der Waals surface area contributed by atoms with Gasteiger partial charge in [0.25, 0.3) is 5.91 Å². The van der Waals surface area contributed by atoms with Crippen LogP contribution < -0.4 is 10.0 Å². The molecule has 2 aromatic carbocycles. The molecule has 0 saturated carbocycles. The van der Waals surface area contributed by atoms with E-state index in [1.807, 2.05) is 12.1 Å². The molecular weight excluding hydrogens is 403 g/mol. The molecule has 5 nitrogen and oxygen atoms in total. The molecule has 0 radical (unpaired) electrons. The molecule has 1 heterocycles. The van der Waals surface area contributed by atoms with E-state index in [9.17, 15) is 13.2 Å². The van der Waals surface area contributed by atoms with Crippen LogP contribution in [-0.4, -0.2) is 20.6 Å². The Bertz CT molecular complexity index is 1080. The summed E-state index contributed by atoms with van der Waals surface area (Å²) in [6.07, 6.45) is 1.03. The van der Waals surface area contributed by atoms with Gasteiger partial charge in [-0.1, -0.05) is 29.3 Å². The summed E-state index contributed by atoms with van der Waals surface area (Å²) in [5.41, 5.74) is 0.650. The summed E-state index contributed by atoms with van der Waals surface area (Å²) >= 11 is 13.4. The number of thiophene rings is 1. The minimum Gasteiger partial charge on any atom is -0.321 e. The highest BCUT2D eigenvalue weighted by molar-refractivity contribution is 7.92. The fourth-order valence-electron chi connectivity index (χ4n) is 2.26. The predicted octanol–water partition coefficient (Wildman–Crippen LogP) is 4.83. The van der Waals surface area contributed by atoms with Gasteiger partial charge in [-0.3, -0.25) is 9.52 Å². The molecule has 2 N–H and O–H groups in total. The van der Waals surface area contributed by atoms with Gasteiger partial charge in [0.1, 0.15) is 0 Å². The molecule has 0 saturated heterocycles. The zero-order chi connectivity index (χ0) is 18.2. The molecule has 9 heteroatoms. The Morgan fingerprint density at radius 1 is 1.08 bits per heavy atom. The van der Waals surface area contributed by atoms with Gasteiger partial charge >= 0.3 is 0 Å². The van der Waals surface area contributed by atoms with Crippen molar-refractivity contribution in [3.63, 3.8) is 0 Å². The maximum atomic E-state index is 12.5. The molecule has 3 rings (SSSR count). The Morgan fingerprint density at radius 3 is 2.48 bits per heavy atom. The number of anilines is 2. The maximum Gasteiger partial charge on any atom is 0.265 e. The summed E-state index contributed by atoms with van der Waals surface area (Å²) in [5, 5.41) is 4.40. The SMILES string of the molecule is CS(=O)(=O)Nc1cc(Cl)cc(NC(=O)c2cc3c(Cl)cccc3s2)c1. The number of carbonyl (C=O) groups excluding carboxylic acids is 1. The first-order valence-corrected chi connectivity index (χ1v) is 10.5. The minimum atomic E-state index is -3.45. The van der Waals surface area contributed by atoms with Crippen molar-refractivity contribution >= 4 is 71.9 Å². The fourth-order valence-corrected chi connectivity index (χ4v) is 4.31. The van der Waals surface area contributed by atoms with Crippen molar-refractivity contribution in [2.75, 3.05) is 16.3 Å². The number of fused-ring (bicyclic) bond motifs is 1. The van der Waals surface area contributed by atoms with Crippen molar-refractivity contribution in [1.29, 1.82) is 0 Å². The molecule has 0 atom stereocenters. The number of nitrogens with one attached hydrogen (secondary N) is 2. The zero-order valence-corrected chi connectivity index (χ0v) is 16.0. The smallest absolute Gasteiger partial charge is 0.265 e. The lowest BCUT2D eigenvalue weighted by Crippen LogP contribution is -2.12. The van der Waals surface area contributed by atoms with Crippen molar-refractivity contribution < 1.29 is 13.2 Å². The number of halogens is 2. The second kappa shape index (κ2) is 6.84. The first-order chi connectivity index (χ1) is 11.7. The van der Waals surface area contributed by atoms with E-state index in [1.165, 1.54) is 29.5 Å². The lowest BCUT2D eigenvalue weighted by Gasteiger charge is -2.09. The second-order valence-electron chi connectivity index (χ2n) is 5.32. The normalized spacial score (nSPS) is 11.5. The molecule has 0 aliphatic carbocycles. The van der Waals surface area contributed by atoms with Gasteiger partial charge in [-0.05, 0) is 36.4 Å². The largest absolute Gasteiger partial charge is 0.321 e. The number of hydrogen-bond acceptors (Lipinski definition) is 4. The van der Waals surface area contributed by atoms with Crippen molar-refractivity contribution in [1.82, 2.24) is 0 Å². The van der Waals surface area contributed by atoms with Crippen LogP contribution in [0.25, 0.3) is 10.1 Å². The first kappa shape index (κ1) is 18.0. The summed E-state index contributed by atoms with van der Waals surface area (Å²) in [4.78, 5) is 13.0. The summed E-state index contributed by atoms with van der Waals surface area (Å²) in [5.74, 6) is -0.329. The average molecular weight is 415 g/mol. The first-order valence-electron chi connectivity index (χ1n) is 6.99. The molecular formula is C16H12Cl2N2O3S2. The quantitative estimate of drug-likeness (QED) is 0.641. The lowest BCUT2D eigenvalue weighted by molar-refractivity contribution is 0.103. The second-order valence-corrected chi connectivity index (χ2v) is 9.00. The van der Waals surface area contributed by atoms with Gasteiger partial charge in [0.05, 0.1) is 16.8 Å². The van der Waals surface area contributed by atoms with Gasteiger partial charge in [-0.15, -0.1) is 11.3 Å². The van der Waals surface area contributed by atoms with Crippen LogP contribution in [0, 0.1) is 0 Å². The van der Waals surface area contributed by atoms with Gasteiger partial charge < -0.3 is 5.32 Å². The van der Waals surface area contributed by atoms with E-state index in [1.54, 1.807) is 12.1 Å². The highest BCUT2D eigenvalue weighted by Crippen LogP contribution is 2.32. The third-order valence-electron chi connectivity index (χ3n) is 3.19. The van der Waals surface area contributed by atoms with Crippen LogP contribution in [0.3, 0.4) is 0 Å². The van der Waals surface area contributed by atoms with E-state index < -0.39 is 10.0 Å². The van der Waals surface area contributed by atoms with E-state index in [0.717, 1.165) is 16.3 Å². The highest BCUT2D eigenvalue weighted by Gasteiger charge is 2.13. The third kappa shape index (κ3) is 4.43. The molecule has 0 aliphatic rings. The van der Waals surface area contributed by atoms with Crippen LogP contribution in [-0.2, 0) is 10.0 Å². The topological polar surface area (TPSA) is 75.3 Å². The van der Waals surface area contributed by atoms with E-state index in [2.05, 4.69) is 10.0 Å². The van der Waals surface area contributed by atoms with Gasteiger partial charge in [0.2, 0.25) is 10.0 Å². The van der Waals surface area contributed by atoms with E-state index in [0.29, 0.717) is 20.6 Å². The monoisotopic (exact) mass is 414 g/mol. The van der Waals surface area contributed by atoms with Gasteiger partial charge in [0, 0.05) is 25.8 Å². The van der Waals surface area contributed by atoms with Gasteiger partial charge in [-0.2, -0.15) is 0 Å². The summed E-state index contributed by atoms with van der Waals surface area (Å²) in [6, 6.07) is 11.7. The Balaban J connectivity index is 1.88. The van der Waals surface area contributed by atoms with E-state index in [-0.39, 0.29) is 11.6 Å². The van der Waals surface area contributed by atoms with Crippen LogP contribution in [0.1, 0.15) is 9.67 Å². The Hall–Kier alpha value is -1.80.